The summed E-state index contributed by atoms with van der Waals surface area (Å²) in [5.41, 5.74) is 3.78. The van der Waals surface area contributed by atoms with Gasteiger partial charge in [-0.3, -0.25) is 0 Å². The largest absolute Gasteiger partial charge is 0.381 e. The maximum Gasteiger partial charge on any atom is 0.241 e. The Hall–Kier alpha value is -5.60. The van der Waals surface area contributed by atoms with Crippen LogP contribution in [0.5, 0.6) is 0 Å². The fourth-order valence-electron chi connectivity index (χ4n) is 11.8. The Balaban J connectivity index is 0.000000189. The van der Waals surface area contributed by atoms with E-state index in [-0.39, 0.29) is 12.1 Å². The van der Waals surface area contributed by atoms with Gasteiger partial charge in [0.25, 0.3) is 0 Å². The number of ether oxygens (including phenoxy) is 1. The lowest BCUT2D eigenvalue weighted by Crippen LogP contribution is -2.43. The van der Waals surface area contributed by atoms with Crippen molar-refractivity contribution in [2.75, 3.05) is 13.2 Å². The molecule has 0 amide bonds. The molecule has 1 fully saturated rings. The molecular weight excluding hydrogens is 1190 g/mol. The minimum atomic E-state index is -3.56. The van der Waals surface area contributed by atoms with Gasteiger partial charge in [-0.15, -0.1) is 0 Å². The number of fused-ring (bicyclic) bond motifs is 4. The van der Waals surface area contributed by atoms with E-state index in [0.717, 1.165) is 81.6 Å². The summed E-state index contributed by atoms with van der Waals surface area (Å²) in [6, 6.07) is 45.4. The van der Waals surface area contributed by atoms with Gasteiger partial charge in [0, 0.05) is 57.9 Å². The summed E-state index contributed by atoms with van der Waals surface area (Å²) < 4.78 is 119. The van der Waals surface area contributed by atoms with Gasteiger partial charge in [0.1, 0.15) is 0 Å². The summed E-state index contributed by atoms with van der Waals surface area (Å²) in [5, 5.41) is 7.20. The molecular formula is C72H98N4O9S4. The van der Waals surface area contributed by atoms with Crippen molar-refractivity contribution >= 4 is 83.2 Å². The van der Waals surface area contributed by atoms with Crippen molar-refractivity contribution in [2.45, 2.75) is 216 Å². The van der Waals surface area contributed by atoms with Crippen LogP contribution in [0.4, 0.5) is 0 Å². The van der Waals surface area contributed by atoms with Crippen LogP contribution >= 0.6 is 0 Å². The van der Waals surface area contributed by atoms with Gasteiger partial charge < -0.3 is 4.74 Å². The SMILES string of the molecule is CC(C)NS(=O)(=O)c1ccc(C(C)C)c2ccccc12.CC(C)c1ccc(S(=O)(=O)NC2CCOCC2)c2ccccc12.CCCC(C)(C)NS(=O)(=O)c1ccc(C(C)C)c2ccccc12.CCCC(C)(C)NS(=O)(=O)c1ccc(C(C)C)c2ccccc12. The predicted octanol–water partition coefficient (Wildman–Crippen LogP) is 16.7. The molecule has 0 bridgehead atoms. The lowest BCUT2D eigenvalue weighted by atomic mass is 9.96. The van der Waals surface area contributed by atoms with Crippen LogP contribution in [-0.2, 0) is 44.8 Å². The Kier molecular flexibility index (Phi) is 25.0. The Morgan fingerprint density at radius 1 is 0.382 bits per heavy atom. The first-order valence-electron chi connectivity index (χ1n) is 31.4. The van der Waals surface area contributed by atoms with Crippen molar-refractivity contribution in [1.82, 2.24) is 18.9 Å². The average molecular weight is 1290 g/mol. The van der Waals surface area contributed by atoms with Crippen LogP contribution in [0.25, 0.3) is 43.1 Å². The molecule has 0 saturated carbocycles. The highest BCUT2D eigenvalue weighted by molar-refractivity contribution is 7.90. The average Bonchev–Trinajstić information content (AvgIpc) is 0.998. The predicted molar refractivity (Wildman–Crippen MR) is 370 cm³/mol. The zero-order valence-corrected chi connectivity index (χ0v) is 58.6. The molecule has 0 unspecified atom stereocenters. The maximum atomic E-state index is 12.9. The minimum absolute atomic E-state index is 0.0442. The van der Waals surface area contributed by atoms with Crippen LogP contribution in [-0.4, -0.2) is 70.0 Å². The number of rotatable bonds is 20. The molecule has 13 nitrogen and oxygen atoms in total. The van der Waals surface area contributed by atoms with Crippen molar-refractivity contribution in [1.29, 1.82) is 0 Å². The molecule has 8 aromatic rings. The van der Waals surface area contributed by atoms with E-state index in [1.807, 2.05) is 163 Å². The van der Waals surface area contributed by atoms with Gasteiger partial charge in [-0.2, -0.15) is 0 Å². The fourth-order valence-corrected chi connectivity index (χ4v) is 18.1. The van der Waals surface area contributed by atoms with Gasteiger partial charge in [-0.1, -0.05) is 203 Å². The Morgan fingerprint density at radius 2 is 0.640 bits per heavy atom. The second-order valence-corrected chi connectivity index (χ2v) is 32.8. The second-order valence-electron chi connectivity index (χ2n) is 26.2. The summed E-state index contributed by atoms with van der Waals surface area (Å²) >= 11 is 0. The van der Waals surface area contributed by atoms with Crippen molar-refractivity contribution in [3.63, 3.8) is 0 Å². The third kappa shape index (κ3) is 18.8. The molecule has 1 saturated heterocycles. The van der Waals surface area contributed by atoms with Crippen molar-refractivity contribution in [3.8, 4) is 0 Å². The maximum absolute atomic E-state index is 12.9. The molecule has 1 heterocycles. The minimum Gasteiger partial charge on any atom is -0.381 e. The standard InChI is InChI=1S/2C19H27NO2S.C18H23NO3S.C16H21NO2S/c2*1-6-13-19(4,5)20-23(21,22)18-12-11-15(14(2)3)16-9-7-8-10-17(16)18;1-13(2)15-7-8-18(17-6-4-3-5-16(15)17)23(20,21)19-14-9-11-22-12-10-14;1-11(2)13-9-10-16(20(18,19)17-12(3)4)15-8-6-5-7-14(13)15/h2*7-12,14,20H,6,13H2,1-5H3;3-8,13-14,19H,9-12H2,1-2H3;5-12,17H,1-4H3. The summed E-state index contributed by atoms with van der Waals surface area (Å²) in [7, 11) is -14.1. The van der Waals surface area contributed by atoms with Crippen LogP contribution in [0.15, 0.2) is 165 Å². The molecule has 0 radical (unpaired) electrons. The zero-order valence-electron chi connectivity index (χ0n) is 55.3. The molecule has 9 rings (SSSR count). The summed E-state index contributed by atoms with van der Waals surface area (Å²) in [6.07, 6.45) is 4.91. The van der Waals surface area contributed by atoms with Crippen LogP contribution in [0.1, 0.15) is 195 Å². The molecule has 0 aromatic heterocycles. The van der Waals surface area contributed by atoms with E-state index in [2.05, 4.69) is 88.1 Å². The molecule has 89 heavy (non-hydrogen) atoms. The van der Waals surface area contributed by atoms with E-state index in [1.165, 1.54) is 22.3 Å². The topological polar surface area (TPSA) is 194 Å². The molecule has 1 aliphatic rings. The second kappa shape index (κ2) is 30.7. The van der Waals surface area contributed by atoms with Crippen molar-refractivity contribution < 1.29 is 38.4 Å². The summed E-state index contributed by atoms with van der Waals surface area (Å²) in [4.78, 5) is 1.44. The smallest absolute Gasteiger partial charge is 0.241 e. The Labute approximate surface area is 533 Å². The van der Waals surface area contributed by atoms with Crippen molar-refractivity contribution in [3.05, 3.63) is 168 Å². The summed E-state index contributed by atoms with van der Waals surface area (Å²) in [6.45, 7) is 33.7. The van der Waals surface area contributed by atoms with Gasteiger partial charge in [0.05, 0.1) is 19.6 Å². The normalized spacial score (nSPS) is 13.9. The number of sulfonamides is 4. The molecule has 4 N–H and O–H groups in total. The first-order valence-corrected chi connectivity index (χ1v) is 37.4. The molecule has 17 heteroatoms. The molecule has 1 aliphatic heterocycles. The third-order valence-electron chi connectivity index (χ3n) is 15.8. The highest BCUT2D eigenvalue weighted by Gasteiger charge is 2.30. The van der Waals surface area contributed by atoms with E-state index in [1.54, 1.807) is 24.3 Å². The monoisotopic (exact) mass is 1290 g/mol. The quantitative estimate of drug-likeness (QED) is 0.0574. The van der Waals surface area contributed by atoms with Crippen molar-refractivity contribution in [2.24, 2.45) is 0 Å². The molecule has 484 valence electrons. The lowest BCUT2D eigenvalue weighted by Gasteiger charge is -2.26. The van der Waals surface area contributed by atoms with Gasteiger partial charge in [0.15, 0.2) is 0 Å². The lowest BCUT2D eigenvalue weighted by molar-refractivity contribution is 0.0832. The number of hydrogen-bond acceptors (Lipinski definition) is 9. The van der Waals surface area contributed by atoms with Gasteiger partial charge in [-0.25, -0.2) is 52.6 Å². The molecule has 0 spiro atoms. The number of benzene rings is 8. The first-order chi connectivity index (χ1) is 41.7. The van der Waals surface area contributed by atoms with Crippen LogP contribution < -0.4 is 18.9 Å². The number of nitrogens with one attached hydrogen (secondary N) is 4. The molecule has 0 aliphatic carbocycles. The van der Waals surface area contributed by atoms with Crippen LogP contribution in [0.2, 0.25) is 0 Å². The highest BCUT2D eigenvalue weighted by Crippen LogP contribution is 2.35. The molecule has 0 atom stereocenters. The van der Waals surface area contributed by atoms with Crippen LogP contribution in [0.3, 0.4) is 0 Å². The van der Waals surface area contributed by atoms with Gasteiger partial charge >= 0.3 is 0 Å². The fraction of sp³-hybridized carbons (Fsp3) is 0.444. The number of hydrogen-bond donors (Lipinski definition) is 4. The third-order valence-corrected chi connectivity index (χ3v) is 22.6. The Morgan fingerprint density at radius 3 is 0.899 bits per heavy atom. The van der Waals surface area contributed by atoms with Gasteiger partial charge in [0.2, 0.25) is 40.1 Å². The Bertz CT molecular complexity index is 4040. The zero-order chi connectivity index (χ0) is 65.9. The van der Waals surface area contributed by atoms with E-state index >= 15 is 0 Å². The van der Waals surface area contributed by atoms with E-state index < -0.39 is 51.2 Å². The molecule has 8 aromatic carbocycles. The van der Waals surface area contributed by atoms with Gasteiger partial charge in [-0.05, 0) is 159 Å². The highest BCUT2D eigenvalue weighted by atomic mass is 32.2. The summed E-state index contributed by atoms with van der Waals surface area (Å²) in [5.74, 6) is 1.40. The van der Waals surface area contributed by atoms with E-state index in [0.29, 0.717) is 56.5 Å². The van der Waals surface area contributed by atoms with E-state index in [9.17, 15) is 33.7 Å². The first kappa shape index (κ1) is 72.5. The van der Waals surface area contributed by atoms with E-state index in [4.69, 9.17) is 4.74 Å². The van der Waals surface area contributed by atoms with Crippen LogP contribution in [0, 0.1) is 0 Å².